The lowest BCUT2D eigenvalue weighted by atomic mass is 9.89. The van der Waals surface area contributed by atoms with Gasteiger partial charge in [-0.25, -0.2) is 9.97 Å². The van der Waals surface area contributed by atoms with Crippen molar-refractivity contribution in [1.29, 1.82) is 0 Å². The molecule has 6 aromatic heterocycles. The molecule has 6 heterocycles. The fraction of sp³-hybridized carbons (Fsp3) is 0. The quantitative estimate of drug-likeness (QED) is 0.142. The molecule has 0 saturated carbocycles. The maximum Gasteiger partial charge on any atom is 0.136 e. The molecule has 0 aliphatic rings. The first kappa shape index (κ1) is 59.7. The highest BCUT2D eigenvalue weighted by atomic mass is 32.1. The molecular formula is C98H58N2O2S2. The molecule has 0 spiro atoms. The van der Waals surface area contributed by atoms with Gasteiger partial charge in [0, 0.05) is 116 Å². The highest BCUT2D eigenvalue weighted by Gasteiger charge is 2.25. The summed E-state index contributed by atoms with van der Waals surface area (Å²) in [6.45, 7) is 0. The van der Waals surface area contributed by atoms with E-state index in [4.69, 9.17) is 18.8 Å². The van der Waals surface area contributed by atoms with Crippen LogP contribution in [0.15, 0.2) is 361 Å². The van der Waals surface area contributed by atoms with Crippen molar-refractivity contribution in [3.63, 3.8) is 0 Å². The van der Waals surface area contributed by atoms with Crippen LogP contribution in [0.2, 0.25) is 0 Å². The summed E-state index contributed by atoms with van der Waals surface area (Å²) in [6, 6.07) is 126. The number of furan rings is 2. The summed E-state index contributed by atoms with van der Waals surface area (Å²) < 4.78 is 18.4. The van der Waals surface area contributed by atoms with Crippen LogP contribution in [-0.4, -0.2) is 9.97 Å². The molecule has 0 saturated heterocycles. The lowest BCUT2D eigenvalue weighted by Crippen LogP contribution is -1.93. The predicted octanol–water partition coefficient (Wildman–Crippen LogP) is 28.6. The van der Waals surface area contributed by atoms with Crippen molar-refractivity contribution in [1.82, 2.24) is 9.97 Å². The van der Waals surface area contributed by atoms with Crippen LogP contribution in [0, 0.1) is 0 Å². The van der Waals surface area contributed by atoms with E-state index in [0.29, 0.717) is 0 Å². The van der Waals surface area contributed by atoms with Gasteiger partial charge in [-0.1, -0.05) is 273 Å². The average Bonchev–Trinajstić information content (AvgIpc) is 1.44. The summed E-state index contributed by atoms with van der Waals surface area (Å²) in [6.07, 6.45) is 0. The second-order valence-electron chi connectivity index (χ2n) is 26.9. The molecule has 104 heavy (non-hydrogen) atoms. The number of nitrogens with zero attached hydrogens (tertiary/aromatic N) is 2. The van der Waals surface area contributed by atoms with Crippen LogP contribution in [0.25, 0.3) is 217 Å². The van der Waals surface area contributed by atoms with Gasteiger partial charge in [0.15, 0.2) is 0 Å². The minimum atomic E-state index is 0.868. The van der Waals surface area contributed by atoms with Crippen molar-refractivity contribution >= 4 is 150 Å². The zero-order chi connectivity index (χ0) is 68.3. The number of thiophene rings is 2. The monoisotopic (exact) mass is 1360 g/mol. The van der Waals surface area contributed by atoms with Gasteiger partial charge in [0.25, 0.3) is 0 Å². The zero-order valence-corrected chi connectivity index (χ0v) is 57.6. The van der Waals surface area contributed by atoms with Crippen LogP contribution in [0.4, 0.5) is 0 Å². The van der Waals surface area contributed by atoms with Gasteiger partial charge in [-0.05, 0) is 134 Å². The molecule has 16 aromatic carbocycles. The highest BCUT2D eigenvalue weighted by molar-refractivity contribution is 7.26. The standard InChI is InChI=1S/2C49H29NOS/c1-2-12-31(13-3-1)45-47-36-16-4-7-20-40(36)50-49(39(47)29-42-48(45)37-17-5-8-21-41(37)51-42)32-26-24-30(25-27-32)33-14-10-15-34(28-33)35-19-11-23-44-46(35)38-18-6-9-22-43(38)52-44;1-2-11-31(12-3-1)46-47-37-16-4-7-18-41(37)50-49(40(47)29-43-48(46)38-17-5-8-19-42(38)51-43)32-23-21-30(22-24-32)33-13-10-14-34(27-33)35-25-26-45-39(28-35)36-15-6-9-20-44(36)52-45/h2*1-29H. The van der Waals surface area contributed by atoms with E-state index >= 15 is 0 Å². The minimum Gasteiger partial charge on any atom is -0.456 e. The summed E-state index contributed by atoms with van der Waals surface area (Å²) in [5.74, 6) is 0. The van der Waals surface area contributed by atoms with Crippen molar-refractivity contribution in [3.05, 3.63) is 352 Å². The van der Waals surface area contributed by atoms with Gasteiger partial charge in [0.1, 0.15) is 22.3 Å². The van der Waals surface area contributed by atoms with Crippen LogP contribution in [0.1, 0.15) is 0 Å². The van der Waals surface area contributed by atoms with Crippen LogP contribution < -0.4 is 0 Å². The van der Waals surface area contributed by atoms with E-state index in [9.17, 15) is 0 Å². The van der Waals surface area contributed by atoms with Crippen LogP contribution in [-0.2, 0) is 0 Å². The van der Waals surface area contributed by atoms with Crippen molar-refractivity contribution < 1.29 is 8.83 Å². The first-order valence-corrected chi connectivity index (χ1v) is 36.9. The van der Waals surface area contributed by atoms with E-state index in [1.165, 1.54) is 107 Å². The molecule has 0 amide bonds. The third kappa shape index (κ3) is 9.86. The van der Waals surface area contributed by atoms with Gasteiger partial charge >= 0.3 is 0 Å². The number of benzene rings is 16. The van der Waals surface area contributed by atoms with Gasteiger partial charge in [-0.2, -0.15) is 0 Å². The van der Waals surface area contributed by atoms with Gasteiger partial charge in [-0.15, -0.1) is 22.7 Å². The fourth-order valence-electron chi connectivity index (χ4n) is 16.2. The van der Waals surface area contributed by atoms with Crippen LogP contribution >= 0.6 is 22.7 Å². The lowest BCUT2D eigenvalue weighted by Gasteiger charge is -2.16. The summed E-state index contributed by atoms with van der Waals surface area (Å²) >= 11 is 3.72. The third-order valence-electron chi connectivity index (χ3n) is 20.9. The molecular weight excluding hydrogens is 1300 g/mol. The average molecular weight is 1360 g/mol. The molecule has 484 valence electrons. The van der Waals surface area contributed by atoms with E-state index in [2.05, 4.69) is 340 Å². The Labute approximate surface area is 605 Å². The van der Waals surface area contributed by atoms with E-state index in [-0.39, 0.29) is 0 Å². The number of hydrogen-bond donors (Lipinski definition) is 0. The molecule has 0 aliphatic carbocycles. The zero-order valence-electron chi connectivity index (χ0n) is 56.0. The maximum atomic E-state index is 6.57. The summed E-state index contributed by atoms with van der Waals surface area (Å²) in [5, 5.41) is 16.6. The van der Waals surface area contributed by atoms with E-state index in [1.54, 1.807) is 0 Å². The van der Waals surface area contributed by atoms with Crippen molar-refractivity contribution in [3.8, 4) is 89.3 Å². The molecule has 4 nitrogen and oxygen atoms in total. The van der Waals surface area contributed by atoms with Gasteiger partial charge in [0.05, 0.1) is 22.4 Å². The Balaban J connectivity index is 0.000000134. The number of aromatic nitrogens is 2. The topological polar surface area (TPSA) is 52.1 Å². The Hall–Kier alpha value is -13.1. The third-order valence-corrected chi connectivity index (χ3v) is 23.2. The van der Waals surface area contributed by atoms with E-state index in [1.807, 2.05) is 34.8 Å². The normalized spacial score (nSPS) is 11.8. The molecule has 0 bridgehead atoms. The predicted molar refractivity (Wildman–Crippen MR) is 442 cm³/mol. The molecule has 0 N–H and O–H groups in total. The van der Waals surface area contributed by atoms with Gasteiger partial charge in [-0.3, -0.25) is 0 Å². The molecule has 0 unspecified atom stereocenters. The smallest absolute Gasteiger partial charge is 0.136 e. The highest BCUT2D eigenvalue weighted by Crippen LogP contribution is 2.50. The first-order valence-electron chi connectivity index (χ1n) is 35.2. The molecule has 0 aliphatic heterocycles. The Morgan fingerprint density at radius 2 is 0.567 bits per heavy atom. The molecule has 22 rings (SSSR count). The second kappa shape index (κ2) is 24.3. The SMILES string of the molecule is c1ccc(-c2c3c(cc4c(-c5ccc(-c6cccc(-c7ccc8sc9ccccc9c8c7)c6)cc5)nc5ccccc5c24)oc2ccccc23)cc1.c1ccc(-c2c3c(cc4c(-c5ccc(-c6cccc(-c7cccc8sc9ccccc9c78)c6)cc5)nc5ccccc5c24)oc2ccccc23)cc1. The summed E-state index contributed by atoms with van der Waals surface area (Å²) in [7, 11) is 0. The van der Waals surface area contributed by atoms with Gasteiger partial charge in [0.2, 0.25) is 0 Å². The molecule has 22 aromatic rings. The fourth-order valence-corrected chi connectivity index (χ4v) is 18.4. The largest absolute Gasteiger partial charge is 0.456 e. The Kier molecular flexibility index (Phi) is 14.0. The van der Waals surface area contributed by atoms with Crippen LogP contribution in [0.5, 0.6) is 0 Å². The molecule has 0 fully saturated rings. The Morgan fingerprint density at radius 3 is 1.12 bits per heavy atom. The minimum absolute atomic E-state index is 0.868. The van der Waals surface area contributed by atoms with Crippen molar-refractivity contribution in [2.45, 2.75) is 0 Å². The van der Waals surface area contributed by atoms with Crippen molar-refractivity contribution in [2.75, 3.05) is 0 Å². The maximum absolute atomic E-state index is 6.57. The lowest BCUT2D eigenvalue weighted by molar-refractivity contribution is 0.669. The van der Waals surface area contributed by atoms with Crippen LogP contribution in [0.3, 0.4) is 0 Å². The molecule has 0 radical (unpaired) electrons. The summed E-state index contributed by atoms with van der Waals surface area (Å²) in [5.41, 5.74) is 23.8. The first-order chi connectivity index (χ1) is 51.5. The van der Waals surface area contributed by atoms with Crippen molar-refractivity contribution in [2.24, 2.45) is 0 Å². The van der Waals surface area contributed by atoms with E-state index < -0.39 is 0 Å². The number of para-hydroxylation sites is 4. The molecule has 0 atom stereocenters. The van der Waals surface area contributed by atoms with E-state index in [0.717, 1.165) is 110 Å². The molecule has 6 heteroatoms. The van der Waals surface area contributed by atoms with Gasteiger partial charge < -0.3 is 8.83 Å². The number of hydrogen-bond acceptors (Lipinski definition) is 6. The second-order valence-corrected chi connectivity index (χ2v) is 29.0. The Morgan fingerprint density at radius 1 is 0.192 bits per heavy atom. The number of pyridine rings is 2. The number of fused-ring (bicyclic) bond motifs is 18. The number of rotatable bonds is 8. The summed E-state index contributed by atoms with van der Waals surface area (Å²) in [4.78, 5) is 10.7. The Bertz CT molecular complexity index is 7210.